The summed E-state index contributed by atoms with van der Waals surface area (Å²) in [6.07, 6.45) is 0. The second-order valence-corrected chi connectivity index (χ2v) is 3.90. The van der Waals surface area contributed by atoms with Gasteiger partial charge in [-0.15, -0.1) is 0 Å². The van der Waals surface area contributed by atoms with Crippen LogP contribution in [0.3, 0.4) is 0 Å². The van der Waals surface area contributed by atoms with Crippen LogP contribution in [-0.4, -0.2) is 17.7 Å². The van der Waals surface area contributed by atoms with E-state index < -0.39 is 4.92 Å². The van der Waals surface area contributed by atoms with E-state index in [1.807, 2.05) is 12.1 Å². The first kappa shape index (κ1) is 13.6. The fourth-order valence-corrected chi connectivity index (χ4v) is 1.56. The maximum Gasteiger partial charge on any atom is 0.433 e. The van der Waals surface area contributed by atoms with Crippen molar-refractivity contribution in [2.75, 3.05) is 12.5 Å². The summed E-state index contributed by atoms with van der Waals surface area (Å²) in [5.41, 5.74) is 4.01. The van der Waals surface area contributed by atoms with Crippen molar-refractivity contribution >= 4 is 17.3 Å². The molecule has 20 heavy (non-hydrogen) atoms. The monoisotopic (exact) mass is 275 g/mol. The van der Waals surface area contributed by atoms with Gasteiger partial charge in [0.1, 0.15) is 16.4 Å². The molecule has 1 N–H and O–H groups in total. The number of nitrogens with one attached hydrogen (secondary N) is 1. The molecule has 1 aromatic heterocycles. The minimum atomic E-state index is -0.593. The first-order valence-corrected chi connectivity index (χ1v) is 5.79. The number of hydrazone groups is 1. The second kappa shape index (κ2) is 5.87. The summed E-state index contributed by atoms with van der Waals surface area (Å²) in [4.78, 5) is 9.95. The van der Waals surface area contributed by atoms with E-state index in [0.29, 0.717) is 22.9 Å². The Bertz CT molecular complexity index is 649. The van der Waals surface area contributed by atoms with E-state index in [1.54, 1.807) is 26.2 Å². The quantitative estimate of drug-likeness (QED) is 0.514. The molecule has 0 spiro atoms. The van der Waals surface area contributed by atoms with E-state index in [-0.39, 0.29) is 5.88 Å². The van der Waals surface area contributed by atoms with Gasteiger partial charge in [-0.25, -0.2) is 0 Å². The third kappa shape index (κ3) is 2.94. The largest absolute Gasteiger partial charge is 0.495 e. The predicted octanol–water partition coefficient (Wildman–Crippen LogP) is 3.03. The van der Waals surface area contributed by atoms with Gasteiger partial charge in [-0.1, -0.05) is 12.1 Å². The molecule has 0 saturated heterocycles. The lowest BCUT2D eigenvalue weighted by Gasteiger charge is -2.07. The Morgan fingerprint density at radius 2 is 2.10 bits per heavy atom. The topological polar surface area (TPSA) is 89.9 Å². The number of methoxy groups -OCH3 is 1. The average Bonchev–Trinajstić information content (AvgIpc) is 2.95. The minimum absolute atomic E-state index is 0.313. The van der Waals surface area contributed by atoms with Crippen LogP contribution in [0.4, 0.5) is 11.6 Å². The van der Waals surface area contributed by atoms with Crippen LogP contribution in [0.15, 0.2) is 45.9 Å². The average molecular weight is 275 g/mol. The van der Waals surface area contributed by atoms with Gasteiger partial charge in [-0.3, -0.25) is 15.5 Å². The lowest BCUT2D eigenvalue weighted by Crippen LogP contribution is -1.99. The third-order valence-electron chi connectivity index (χ3n) is 2.58. The number of anilines is 1. The molecule has 7 heteroatoms. The zero-order chi connectivity index (χ0) is 14.5. The van der Waals surface area contributed by atoms with Crippen LogP contribution in [-0.2, 0) is 0 Å². The van der Waals surface area contributed by atoms with Crippen LogP contribution in [0.5, 0.6) is 5.75 Å². The first-order chi connectivity index (χ1) is 9.61. The minimum Gasteiger partial charge on any atom is -0.495 e. The summed E-state index contributed by atoms with van der Waals surface area (Å²) in [6, 6.07) is 10.1. The fraction of sp³-hybridized carbons (Fsp3) is 0.154. The SMILES string of the molecule is COc1ccccc1N/N=C(/C)c1ccc([N+](=O)[O-])o1. The Labute approximate surface area is 115 Å². The normalized spacial score (nSPS) is 11.2. The summed E-state index contributed by atoms with van der Waals surface area (Å²) in [7, 11) is 1.56. The molecule has 0 aliphatic rings. The predicted molar refractivity (Wildman–Crippen MR) is 74.2 cm³/mol. The van der Waals surface area contributed by atoms with Crippen LogP contribution in [0, 0.1) is 10.1 Å². The number of hydrogen-bond donors (Lipinski definition) is 1. The van der Waals surface area contributed by atoms with Gasteiger partial charge >= 0.3 is 5.88 Å². The fourth-order valence-electron chi connectivity index (χ4n) is 1.56. The van der Waals surface area contributed by atoms with Gasteiger partial charge < -0.3 is 9.15 Å². The summed E-state index contributed by atoms with van der Waals surface area (Å²) in [5.74, 6) is 0.667. The lowest BCUT2D eigenvalue weighted by atomic mass is 10.3. The van der Waals surface area contributed by atoms with Crippen molar-refractivity contribution in [1.82, 2.24) is 0 Å². The van der Waals surface area contributed by atoms with Gasteiger partial charge in [0.05, 0.1) is 18.9 Å². The molecule has 1 heterocycles. The van der Waals surface area contributed by atoms with E-state index in [2.05, 4.69) is 10.5 Å². The van der Waals surface area contributed by atoms with Crippen molar-refractivity contribution in [3.63, 3.8) is 0 Å². The van der Waals surface area contributed by atoms with Crippen LogP contribution in [0.2, 0.25) is 0 Å². The van der Waals surface area contributed by atoms with E-state index in [0.717, 1.165) is 0 Å². The van der Waals surface area contributed by atoms with Gasteiger partial charge in [0.25, 0.3) is 0 Å². The Kier molecular flexibility index (Phi) is 3.99. The zero-order valence-electron chi connectivity index (χ0n) is 11.0. The van der Waals surface area contributed by atoms with Crippen LogP contribution in [0.1, 0.15) is 12.7 Å². The number of nitrogens with zero attached hydrogens (tertiary/aromatic N) is 2. The second-order valence-electron chi connectivity index (χ2n) is 3.90. The number of ether oxygens (including phenoxy) is 1. The molecule has 0 radical (unpaired) electrons. The summed E-state index contributed by atoms with van der Waals surface area (Å²) < 4.78 is 10.2. The standard InChI is InChI=1S/C13H13N3O4/c1-9(11-7-8-13(20-11)16(17)18)14-15-10-5-3-4-6-12(10)19-2/h3-8,15H,1-2H3/b14-9-. The van der Waals surface area contributed by atoms with Gasteiger partial charge in [-0.2, -0.15) is 5.10 Å². The third-order valence-corrected chi connectivity index (χ3v) is 2.58. The Balaban J connectivity index is 2.16. The highest BCUT2D eigenvalue weighted by Crippen LogP contribution is 2.23. The zero-order valence-corrected chi connectivity index (χ0v) is 11.0. The number of furan rings is 1. The molecular formula is C13H13N3O4. The van der Waals surface area contributed by atoms with Crippen LogP contribution >= 0.6 is 0 Å². The highest BCUT2D eigenvalue weighted by molar-refractivity contribution is 5.96. The number of benzene rings is 1. The van der Waals surface area contributed by atoms with Gasteiger partial charge in [0.15, 0.2) is 5.76 Å². The summed E-state index contributed by atoms with van der Waals surface area (Å²) >= 11 is 0. The molecule has 0 saturated carbocycles. The van der Waals surface area contributed by atoms with Crippen molar-refractivity contribution in [3.8, 4) is 5.75 Å². The van der Waals surface area contributed by atoms with Gasteiger partial charge in [0, 0.05) is 0 Å². The molecule has 0 aliphatic heterocycles. The van der Waals surface area contributed by atoms with Crippen molar-refractivity contribution in [2.24, 2.45) is 5.10 Å². The number of rotatable bonds is 5. The smallest absolute Gasteiger partial charge is 0.433 e. The first-order valence-electron chi connectivity index (χ1n) is 5.79. The molecule has 0 atom stereocenters. The van der Waals surface area contributed by atoms with E-state index in [4.69, 9.17) is 9.15 Å². The van der Waals surface area contributed by atoms with Crippen molar-refractivity contribution in [1.29, 1.82) is 0 Å². The molecule has 0 aliphatic carbocycles. The van der Waals surface area contributed by atoms with Gasteiger partial charge in [0.2, 0.25) is 0 Å². The van der Waals surface area contributed by atoms with Crippen molar-refractivity contribution in [3.05, 3.63) is 52.3 Å². The highest BCUT2D eigenvalue weighted by Gasteiger charge is 2.13. The van der Waals surface area contributed by atoms with Gasteiger partial charge in [-0.05, 0) is 25.1 Å². The molecule has 0 fully saturated rings. The number of hydrogen-bond acceptors (Lipinski definition) is 6. The lowest BCUT2D eigenvalue weighted by molar-refractivity contribution is -0.402. The molecule has 104 valence electrons. The molecule has 7 nitrogen and oxygen atoms in total. The molecule has 2 aromatic rings. The highest BCUT2D eigenvalue weighted by atomic mass is 16.6. The molecule has 0 bridgehead atoms. The van der Waals surface area contributed by atoms with E-state index >= 15 is 0 Å². The van der Waals surface area contributed by atoms with E-state index in [9.17, 15) is 10.1 Å². The van der Waals surface area contributed by atoms with Crippen molar-refractivity contribution < 1.29 is 14.1 Å². The molecule has 0 unspecified atom stereocenters. The maximum atomic E-state index is 10.5. The van der Waals surface area contributed by atoms with Crippen LogP contribution in [0.25, 0.3) is 0 Å². The maximum absolute atomic E-state index is 10.5. The molecular weight excluding hydrogens is 262 g/mol. The van der Waals surface area contributed by atoms with Crippen LogP contribution < -0.4 is 10.2 Å². The summed E-state index contributed by atoms with van der Waals surface area (Å²) in [5, 5.41) is 14.7. The van der Waals surface area contributed by atoms with Crippen molar-refractivity contribution in [2.45, 2.75) is 6.92 Å². The Morgan fingerprint density at radius 1 is 1.35 bits per heavy atom. The molecule has 1 aromatic carbocycles. The molecule has 2 rings (SSSR count). The number of para-hydroxylation sites is 2. The molecule has 0 amide bonds. The van der Waals surface area contributed by atoms with E-state index in [1.165, 1.54) is 12.1 Å². The Hall–Kier alpha value is -2.83. The number of nitro groups is 1. The summed E-state index contributed by atoms with van der Waals surface area (Å²) in [6.45, 7) is 1.69. The Morgan fingerprint density at radius 3 is 2.75 bits per heavy atom.